The number of ether oxygens (including phenoxy) is 1. The van der Waals surface area contributed by atoms with Crippen molar-refractivity contribution >= 4 is 0 Å². The van der Waals surface area contributed by atoms with Crippen LogP contribution >= 0.6 is 0 Å². The molecule has 0 N–H and O–H groups in total. The minimum absolute atomic E-state index is 0.597. The highest BCUT2D eigenvalue weighted by Gasteiger charge is 2.26. The maximum absolute atomic E-state index is 6.39. The Balaban J connectivity index is 1.69. The lowest BCUT2D eigenvalue weighted by atomic mass is 9.95. The van der Waals surface area contributed by atoms with Crippen LogP contribution in [0.1, 0.15) is 90.4 Å². The SMILES string of the molecule is CCCCCCC(OCC1CCCC1)C1CCCC1. The van der Waals surface area contributed by atoms with Crippen molar-refractivity contribution in [1.82, 2.24) is 0 Å². The predicted octanol–water partition coefficient (Wildman–Crippen LogP) is 5.72. The number of unbranched alkanes of at least 4 members (excludes halogenated alkanes) is 3. The van der Waals surface area contributed by atoms with E-state index in [1.54, 1.807) is 0 Å². The van der Waals surface area contributed by atoms with Crippen LogP contribution in [-0.4, -0.2) is 12.7 Å². The molecule has 0 aliphatic heterocycles. The Morgan fingerprint density at radius 2 is 1.58 bits per heavy atom. The van der Waals surface area contributed by atoms with Crippen LogP contribution in [0.3, 0.4) is 0 Å². The zero-order valence-corrected chi connectivity index (χ0v) is 13.0. The fourth-order valence-electron chi connectivity index (χ4n) is 3.99. The molecule has 0 aromatic carbocycles. The van der Waals surface area contributed by atoms with Gasteiger partial charge in [-0.3, -0.25) is 0 Å². The van der Waals surface area contributed by atoms with E-state index in [0.717, 1.165) is 18.4 Å². The van der Waals surface area contributed by atoms with Crippen LogP contribution in [0.4, 0.5) is 0 Å². The van der Waals surface area contributed by atoms with Crippen LogP contribution in [0, 0.1) is 11.8 Å². The second-order valence-corrected chi connectivity index (χ2v) is 6.92. The lowest BCUT2D eigenvalue weighted by Gasteiger charge is -2.25. The topological polar surface area (TPSA) is 9.23 Å². The summed E-state index contributed by atoms with van der Waals surface area (Å²) in [6.07, 6.45) is 19.0. The van der Waals surface area contributed by atoms with Gasteiger partial charge in [0.05, 0.1) is 6.10 Å². The first kappa shape index (κ1) is 15.4. The Morgan fingerprint density at radius 1 is 0.895 bits per heavy atom. The van der Waals surface area contributed by atoms with E-state index < -0.39 is 0 Å². The van der Waals surface area contributed by atoms with Gasteiger partial charge in [0, 0.05) is 6.61 Å². The molecule has 1 heteroatoms. The van der Waals surface area contributed by atoms with Gasteiger partial charge >= 0.3 is 0 Å². The molecule has 112 valence electrons. The van der Waals surface area contributed by atoms with E-state index in [2.05, 4.69) is 6.92 Å². The fraction of sp³-hybridized carbons (Fsp3) is 1.00. The summed E-state index contributed by atoms with van der Waals surface area (Å²) in [5, 5.41) is 0. The first-order chi connectivity index (χ1) is 9.40. The maximum atomic E-state index is 6.39. The van der Waals surface area contributed by atoms with E-state index in [1.165, 1.54) is 83.5 Å². The number of hydrogen-bond acceptors (Lipinski definition) is 1. The standard InChI is InChI=1S/C18H34O/c1-2-3-4-5-14-18(17-12-8-9-13-17)19-15-16-10-6-7-11-16/h16-18H,2-15H2,1H3. The van der Waals surface area contributed by atoms with Crippen LogP contribution in [0.5, 0.6) is 0 Å². The molecular formula is C18H34O. The molecule has 2 rings (SSSR count). The molecular weight excluding hydrogens is 232 g/mol. The van der Waals surface area contributed by atoms with E-state index in [4.69, 9.17) is 4.74 Å². The molecule has 0 spiro atoms. The van der Waals surface area contributed by atoms with Crippen molar-refractivity contribution in [3.63, 3.8) is 0 Å². The van der Waals surface area contributed by atoms with E-state index in [1.807, 2.05) is 0 Å². The summed E-state index contributed by atoms with van der Waals surface area (Å²) in [4.78, 5) is 0. The van der Waals surface area contributed by atoms with E-state index >= 15 is 0 Å². The Hall–Kier alpha value is -0.0400. The first-order valence-corrected chi connectivity index (χ1v) is 9.01. The molecule has 0 bridgehead atoms. The quantitative estimate of drug-likeness (QED) is 0.485. The molecule has 2 fully saturated rings. The second-order valence-electron chi connectivity index (χ2n) is 6.92. The lowest BCUT2D eigenvalue weighted by molar-refractivity contribution is -0.0106. The third-order valence-corrected chi connectivity index (χ3v) is 5.29. The summed E-state index contributed by atoms with van der Waals surface area (Å²) in [5.74, 6) is 1.78. The molecule has 0 aromatic rings. The van der Waals surface area contributed by atoms with Crippen LogP contribution in [0.2, 0.25) is 0 Å². The summed E-state index contributed by atoms with van der Waals surface area (Å²) in [7, 11) is 0. The largest absolute Gasteiger partial charge is 0.378 e. The van der Waals surface area contributed by atoms with Crippen molar-refractivity contribution in [1.29, 1.82) is 0 Å². The molecule has 0 saturated heterocycles. The highest BCUT2D eigenvalue weighted by atomic mass is 16.5. The van der Waals surface area contributed by atoms with Crippen molar-refractivity contribution < 1.29 is 4.74 Å². The van der Waals surface area contributed by atoms with E-state index in [-0.39, 0.29) is 0 Å². The van der Waals surface area contributed by atoms with Gasteiger partial charge in [0.1, 0.15) is 0 Å². The lowest BCUT2D eigenvalue weighted by Crippen LogP contribution is -2.24. The second kappa shape index (κ2) is 9.00. The molecule has 1 atom stereocenters. The van der Waals surface area contributed by atoms with Crippen molar-refractivity contribution in [2.24, 2.45) is 11.8 Å². The van der Waals surface area contributed by atoms with Gasteiger partial charge in [0.15, 0.2) is 0 Å². The molecule has 2 aliphatic carbocycles. The van der Waals surface area contributed by atoms with Gasteiger partial charge < -0.3 is 4.74 Å². The monoisotopic (exact) mass is 266 g/mol. The van der Waals surface area contributed by atoms with E-state index in [9.17, 15) is 0 Å². The van der Waals surface area contributed by atoms with Gasteiger partial charge in [-0.2, -0.15) is 0 Å². The van der Waals surface area contributed by atoms with Gasteiger partial charge in [-0.05, 0) is 43.9 Å². The highest BCUT2D eigenvalue weighted by Crippen LogP contribution is 2.33. The molecule has 2 aliphatic rings. The van der Waals surface area contributed by atoms with Gasteiger partial charge in [0.25, 0.3) is 0 Å². The van der Waals surface area contributed by atoms with Crippen LogP contribution in [0.15, 0.2) is 0 Å². The van der Waals surface area contributed by atoms with Crippen LogP contribution < -0.4 is 0 Å². The average Bonchev–Trinajstić information content (AvgIpc) is 3.11. The molecule has 19 heavy (non-hydrogen) atoms. The van der Waals surface area contributed by atoms with Crippen molar-refractivity contribution in [3.8, 4) is 0 Å². The molecule has 2 saturated carbocycles. The average molecular weight is 266 g/mol. The van der Waals surface area contributed by atoms with Crippen molar-refractivity contribution in [3.05, 3.63) is 0 Å². The van der Waals surface area contributed by atoms with Crippen molar-refractivity contribution in [2.75, 3.05) is 6.61 Å². The Kier molecular flexibility index (Phi) is 7.27. The zero-order chi connectivity index (χ0) is 13.3. The van der Waals surface area contributed by atoms with Gasteiger partial charge in [-0.15, -0.1) is 0 Å². The first-order valence-electron chi connectivity index (χ1n) is 9.01. The van der Waals surface area contributed by atoms with E-state index in [0.29, 0.717) is 6.10 Å². The predicted molar refractivity (Wildman–Crippen MR) is 82.4 cm³/mol. The molecule has 1 unspecified atom stereocenters. The minimum atomic E-state index is 0.597. The van der Waals surface area contributed by atoms with Gasteiger partial charge in [-0.1, -0.05) is 58.3 Å². The number of rotatable bonds is 9. The van der Waals surface area contributed by atoms with Gasteiger partial charge in [-0.25, -0.2) is 0 Å². The smallest absolute Gasteiger partial charge is 0.0603 e. The normalized spacial score (nSPS) is 23.2. The van der Waals surface area contributed by atoms with Crippen LogP contribution in [-0.2, 0) is 4.74 Å². The molecule has 0 aromatic heterocycles. The third-order valence-electron chi connectivity index (χ3n) is 5.29. The summed E-state index contributed by atoms with van der Waals surface area (Å²) in [6.45, 7) is 3.36. The van der Waals surface area contributed by atoms with Gasteiger partial charge in [0.2, 0.25) is 0 Å². The summed E-state index contributed by atoms with van der Waals surface area (Å²) in [6, 6.07) is 0. The summed E-state index contributed by atoms with van der Waals surface area (Å²) < 4.78 is 6.39. The zero-order valence-electron chi connectivity index (χ0n) is 13.0. The maximum Gasteiger partial charge on any atom is 0.0603 e. The third kappa shape index (κ3) is 5.45. The molecule has 0 heterocycles. The Labute approximate surface area is 120 Å². The van der Waals surface area contributed by atoms with Crippen LogP contribution in [0.25, 0.3) is 0 Å². The highest BCUT2D eigenvalue weighted by molar-refractivity contribution is 4.77. The minimum Gasteiger partial charge on any atom is -0.378 e. The van der Waals surface area contributed by atoms with Crippen molar-refractivity contribution in [2.45, 2.75) is 96.5 Å². The Morgan fingerprint density at radius 3 is 2.26 bits per heavy atom. The molecule has 0 amide bonds. The summed E-state index contributed by atoms with van der Waals surface area (Å²) >= 11 is 0. The summed E-state index contributed by atoms with van der Waals surface area (Å²) in [5.41, 5.74) is 0. The fourth-order valence-corrected chi connectivity index (χ4v) is 3.99. The molecule has 0 radical (unpaired) electrons. The number of hydrogen-bond donors (Lipinski definition) is 0. The molecule has 1 nitrogen and oxygen atoms in total. The Bertz CT molecular complexity index is 214.